The summed E-state index contributed by atoms with van der Waals surface area (Å²) in [7, 11) is 0. The van der Waals surface area contributed by atoms with Crippen LogP contribution in [0.25, 0.3) is 11.2 Å². The normalized spacial score (nSPS) is 12.3. The number of hydrogen-bond donors (Lipinski definition) is 4. The number of H-pyrrole nitrogens is 1. The number of rotatable bonds is 6. The van der Waals surface area contributed by atoms with Gasteiger partial charge in [-0.05, 0) is 13.3 Å². The first kappa shape index (κ1) is 13.1. The molecular weight excluding hydrogens is 246 g/mol. The van der Waals surface area contributed by atoms with Crippen LogP contribution < -0.4 is 16.4 Å². The molecule has 2 aromatic rings. The van der Waals surface area contributed by atoms with Crippen LogP contribution in [0.1, 0.15) is 20.3 Å². The summed E-state index contributed by atoms with van der Waals surface area (Å²) in [4.78, 5) is 26.7. The fourth-order valence-electron chi connectivity index (χ4n) is 1.53. The quantitative estimate of drug-likeness (QED) is 0.600. The van der Waals surface area contributed by atoms with Crippen LogP contribution >= 0.6 is 0 Å². The monoisotopic (exact) mass is 263 g/mol. The number of carbonyl (C=O) groups excluding carboxylic acids is 1. The number of anilines is 2. The molecule has 19 heavy (non-hydrogen) atoms. The number of nitrogens with zero attached hydrogens (tertiary/aromatic N) is 3. The molecule has 0 bridgehead atoms. The van der Waals surface area contributed by atoms with Crippen LogP contribution in [0.5, 0.6) is 0 Å². The highest BCUT2D eigenvalue weighted by Gasteiger charge is 2.14. The zero-order chi connectivity index (χ0) is 13.8. The first-order valence-corrected chi connectivity index (χ1v) is 6.12. The van der Waals surface area contributed by atoms with Gasteiger partial charge in [0, 0.05) is 6.54 Å². The number of imidazole rings is 1. The molecule has 0 aromatic carbocycles. The minimum Gasteiger partial charge on any atom is -0.368 e. The molecule has 0 saturated carbocycles. The lowest BCUT2D eigenvalue weighted by Gasteiger charge is -2.12. The van der Waals surface area contributed by atoms with Crippen LogP contribution in [0.2, 0.25) is 0 Å². The summed E-state index contributed by atoms with van der Waals surface area (Å²) in [5.41, 5.74) is 6.42. The Kier molecular flexibility index (Phi) is 3.79. The summed E-state index contributed by atoms with van der Waals surface area (Å²) in [6.07, 6.45) is 2.49. The molecule has 0 fully saturated rings. The second-order valence-electron chi connectivity index (χ2n) is 4.19. The average molecular weight is 263 g/mol. The third-order valence-corrected chi connectivity index (χ3v) is 2.60. The van der Waals surface area contributed by atoms with Crippen molar-refractivity contribution in [2.24, 2.45) is 5.73 Å². The summed E-state index contributed by atoms with van der Waals surface area (Å²) in [5, 5.41) is 6.04. The van der Waals surface area contributed by atoms with Crippen molar-refractivity contribution < 1.29 is 4.79 Å². The summed E-state index contributed by atoms with van der Waals surface area (Å²) >= 11 is 0. The van der Waals surface area contributed by atoms with Crippen LogP contribution in [-0.4, -0.2) is 38.4 Å². The van der Waals surface area contributed by atoms with Crippen LogP contribution in [0.3, 0.4) is 0 Å². The third-order valence-electron chi connectivity index (χ3n) is 2.60. The van der Waals surface area contributed by atoms with E-state index in [1.165, 1.54) is 6.33 Å². The minimum absolute atomic E-state index is 0.450. The number of amides is 1. The number of fused-ring (bicyclic) bond motifs is 1. The molecule has 0 aliphatic rings. The number of aromatic nitrogens is 4. The lowest BCUT2D eigenvalue weighted by Crippen LogP contribution is -2.33. The van der Waals surface area contributed by atoms with Gasteiger partial charge >= 0.3 is 0 Å². The zero-order valence-electron chi connectivity index (χ0n) is 10.9. The van der Waals surface area contributed by atoms with Crippen molar-refractivity contribution in [3.8, 4) is 0 Å². The molecule has 0 aliphatic heterocycles. The maximum atomic E-state index is 11.1. The zero-order valence-corrected chi connectivity index (χ0v) is 10.9. The predicted molar refractivity (Wildman–Crippen MR) is 72.7 cm³/mol. The van der Waals surface area contributed by atoms with Gasteiger partial charge in [-0.25, -0.2) is 4.98 Å². The van der Waals surface area contributed by atoms with Crippen LogP contribution in [0, 0.1) is 0 Å². The van der Waals surface area contributed by atoms with Crippen LogP contribution in [0.4, 0.5) is 11.8 Å². The number of primary amides is 1. The molecule has 1 unspecified atom stereocenters. The van der Waals surface area contributed by atoms with Gasteiger partial charge in [0.1, 0.15) is 11.6 Å². The Balaban J connectivity index is 2.33. The van der Waals surface area contributed by atoms with Crippen molar-refractivity contribution in [3.63, 3.8) is 0 Å². The smallest absolute Gasteiger partial charge is 0.239 e. The lowest BCUT2D eigenvalue weighted by atomic mass is 10.3. The number of aromatic amines is 1. The predicted octanol–water partition coefficient (Wildman–Crippen LogP) is 0.460. The van der Waals surface area contributed by atoms with Crippen molar-refractivity contribution in [1.82, 2.24) is 19.9 Å². The van der Waals surface area contributed by atoms with Gasteiger partial charge in [-0.15, -0.1) is 0 Å². The van der Waals surface area contributed by atoms with E-state index in [2.05, 4.69) is 30.6 Å². The van der Waals surface area contributed by atoms with Gasteiger partial charge in [-0.1, -0.05) is 6.92 Å². The Bertz CT molecular complexity index is 579. The van der Waals surface area contributed by atoms with E-state index in [9.17, 15) is 4.79 Å². The standard InChI is InChI=1S/C11H17N7O/c1-3-4-13-11-17-9-7(14-5-15-9)10(18-11)16-6(2)8(12)19/h5-6H,3-4H2,1-2H3,(H2,12,19)(H3,13,14,15,16,17,18). The highest BCUT2D eigenvalue weighted by molar-refractivity contribution is 5.88. The van der Waals surface area contributed by atoms with E-state index in [4.69, 9.17) is 5.73 Å². The summed E-state index contributed by atoms with van der Waals surface area (Å²) in [5.74, 6) is 0.530. The highest BCUT2D eigenvalue weighted by atomic mass is 16.1. The fourth-order valence-corrected chi connectivity index (χ4v) is 1.53. The van der Waals surface area contributed by atoms with E-state index in [0.29, 0.717) is 22.9 Å². The SMILES string of the molecule is CCCNc1nc(NC(C)C(N)=O)c2[nH]cnc2n1. The van der Waals surface area contributed by atoms with Gasteiger partial charge < -0.3 is 21.4 Å². The highest BCUT2D eigenvalue weighted by Crippen LogP contribution is 2.19. The summed E-state index contributed by atoms with van der Waals surface area (Å²) in [6, 6.07) is -0.527. The van der Waals surface area contributed by atoms with Crippen LogP contribution in [-0.2, 0) is 4.79 Å². The largest absolute Gasteiger partial charge is 0.368 e. The molecule has 0 spiro atoms. The molecule has 0 aliphatic carbocycles. The molecule has 2 heterocycles. The van der Waals surface area contributed by atoms with E-state index in [-0.39, 0.29) is 0 Å². The molecule has 1 amide bonds. The Morgan fingerprint density at radius 2 is 2.32 bits per heavy atom. The van der Waals surface area contributed by atoms with Gasteiger partial charge in [0.15, 0.2) is 11.5 Å². The number of carbonyl (C=O) groups is 1. The first-order chi connectivity index (χ1) is 9.11. The molecular formula is C11H17N7O. The molecule has 8 nitrogen and oxygen atoms in total. The van der Waals surface area contributed by atoms with Gasteiger partial charge in [0.25, 0.3) is 0 Å². The van der Waals surface area contributed by atoms with Crippen LogP contribution in [0.15, 0.2) is 6.33 Å². The molecule has 0 saturated heterocycles. The van der Waals surface area contributed by atoms with Crippen molar-refractivity contribution in [2.75, 3.05) is 17.2 Å². The van der Waals surface area contributed by atoms with Crippen molar-refractivity contribution in [1.29, 1.82) is 0 Å². The number of hydrogen-bond acceptors (Lipinski definition) is 6. The Labute approximate surface area is 110 Å². The molecule has 5 N–H and O–H groups in total. The number of nitrogens with one attached hydrogen (secondary N) is 3. The Morgan fingerprint density at radius 1 is 1.53 bits per heavy atom. The van der Waals surface area contributed by atoms with Crippen molar-refractivity contribution in [3.05, 3.63) is 6.33 Å². The molecule has 0 radical (unpaired) electrons. The second kappa shape index (κ2) is 5.51. The van der Waals surface area contributed by atoms with Crippen molar-refractivity contribution in [2.45, 2.75) is 26.3 Å². The average Bonchev–Trinajstić information content (AvgIpc) is 2.84. The minimum atomic E-state index is -0.527. The van der Waals surface area contributed by atoms with E-state index < -0.39 is 11.9 Å². The first-order valence-electron chi connectivity index (χ1n) is 6.12. The number of nitrogens with two attached hydrogens (primary N) is 1. The van der Waals surface area contributed by atoms with E-state index >= 15 is 0 Å². The second-order valence-corrected chi connectivity index (χ2v) is 4.19. The molecule has 1 atom stereocenters. The molecule has 2 aromatic heterocycles. The van der Waals surface area contributed by atoms with E-state index in [1.54, 1.807) is 6.92 Å². The van der Waals surface area contributed by atoms with Crippen molar-refractivity contribution >= 4 is 28.8 Å². The fraction of sp³-hybridized carbons (Fsp3) is 0.455. The van der Waals surface area contributed by atoms with E-state index in [0.717, 1.165) is 13.0 Å². The Morgan fingerprint density at radius 3 is 3.00 bits per heavy atom. The lowest BCUT2D eigenvalue weighted by molar-refractivity contribution is -0.118. The Hall–Kier alpha value is -2.38. The maximum absolute atomic E-state index is 11.1. The maximum Gasteiger partial charge on any atom is 0.239 e. The topological polar surface area (TPSA) is 122 Å². The van der Waals surface area contributed by atoms with Gasteiger partial charge in [0.2, 0.25) is 11.9 Å². The molecule has 102 valence electrons. The molecule has 8 heteroatoms. The molecule has 2 rings (SSSR count). The van der Waals surface area contributed by atoms with Gasteiger partial charge in [0.05, 0.1) is 6.33 Å². The van der Waals surface area contributed by atoms with E-state index in [1.807, 2.05) is 6.92 Å². The summed E-state index contributed by atoms with van der Waals surface area (Å²) < 4.78 is 0. The summed E-state index contributed by atoms with van der Waals surface area (Å²) in [6.45, 7) is 4.49. The third kappa shape index (κ3) is 2.90. The van der Waals surface area contributed by atoms with Gasteiger partial charge in [-0.2, -0.15) is 9.97 Å². The van der Waals surface area contributed by atoms with Gasteiger partial charge in [-0.3, -0.25) is 4.79 Å².